The largest absolute Gasteiger partial charge is 0.295 e. The number of hydrogen-bond acceptors (Lipinski definition) is 2. The first-order chi connectivity index (χ1) is 9.88. The topological polar surface area (TPSA) is 54.4 Å². The normalized spacial score (nSPS) is 14.2. The molecule has 0 unspecified atom stereocenters. The molecule has 1 N–H and O–H groups in total. The fourth-order valence-electron chi connectivity index (χ4n) is 2.68. The minimum Gasteiger partial charge on any atom is -0.282 e. The van der Waals surface area contributed by atoms with Crippen LogP contribution in [0.1, 0.15) is 79.0 Å². The highest BCUT2D eigenvalue weighted by Crippen LogP contribution is 2.45. The molecule has 1 rings (SSSR count). The fourth-order valence-corrected chi connectivity index (χ4v) is 5.63. The first-order valence-electron chi connectivity index (χ1n) is 7.74. The fraction of sp³-hybridized carbons (Fsp3) is 0.667. The van der Waals surface area contributed by atoms with Gasteiger partial charge in [-0.3, -0.25) is 4.55 Å². The van der Waals surface area contributed by atoms with Gasteiger partial charge >= 0.3 is 0 Å². The van der Waals surface area contributed by atoms with Crippen LogP contribution in [0.3, 0.4) is 0 Å². The molecule has 0 saturated carbocycles. The van der Waals surface area contributed by atoms with Crippen molar-refractivity contribution in [3.05, 3.63) is 27.2 Å². The van der Waals surface area contributed by atoms with E-state index >= 15 is 0 Å². The predicted octanol–water partition coefficient (Wildman–Crippen LogP) is 5.59. The summed E-state index contributed by atoms with van der Waals surface area (Å²) in [7, 11) is -4.35. The van der Waals surface area contributed by atoms with Crippen molar-refractivity contribution in [2.75, 3.05) is 0 Å². The molecule has 0 aliphatic heterocycles. The van der Waals surface area contributed by atoms with Gasteiger partial charge in [0.25, 0.3) is 10.1 Å². The molecule has 0 aliphatic carbocycles. The Balaban J connectivity index is 4.22. The number of benzene rings is 1. The van der Waals surface area contributed by atoms with Gasteiger partial charge in [0.15, 0.2) is 0 Å². The highest BCUT2D eigenvalue weighted by Gasteiger charge is 2.36. The van der Waals surface area contributed by atoms with E-state index in [-0.39, 0.29) is 10.3 Å². The molecule has 0 spiro atoms. The average molecular weight is 405 g/mol. The van der Waals surface area contributed by atoms with Crippen LogP contribution in [0.4, 0.5) is 0 Å². The van der Waals surface area contributed by atoms with Gasteiger partial charge in [-0.15, -0.1) is 0 Å². The van der Waals surface area contributed by atoms with Crippen molar-refractivity contribution >= 4 is 26.0 Å². The Morgan fingerprint density at radius 1 is 0.826 bits per heavy atom. The molecular weight excluding hydrogens is 376 g/mol. The van der Waals surface area contributed by atoms with Crippen molar-refractivity contribution in [1.29, 1.82) is 0 Å². The summed E-state index contributed by atoms with van der Waals surface area (Å²) in [5, 5.41) is 0. The van der Waals surface area contributed by atoms with Crippen LogP contribution in [0.5, 0.6) is 0 Å². The molecule has 5 heteroatoms. The van der Waals surface area contributed by atoms with Crippen molar-refractivity contribution in [3.8, 4) is 0 Å². The number of hydrogen-bond donors (Lipinski definition) is 1. The molecule has 0 saturated heterocycles. The summed E-state index contributed by atoms with van der Waals surface area (Å²) in [4.78, 5) is 0.0392. The SMILES string of the molecule is CC(C)(C)c1cc(C(C)(C)C)c(S(=O)(=O)O)c(C(C)(C)C)c1Br. The van der Waals surface area contributed by atoms with Crippen LogP contribution >= 0.6 is 15.9 Å². The number of halogens is 1. The lowest BCUT2D eigenvalue weighted by atomic mass is 9.75. The van der Waals surface area contributed by atoms with E-state index in [0.717, 1.165) is 10.0 Å². The van der Waals surface area contributed by atoms with E-state index in [2.05, 4.69) is 36.7 Å². The third-order valence-electron chi connectivity index (χ3n) is 3.84. The Morgan fingerprint density at radius 3 is 1.48 bits per heavy atom. The Morgan fingerprint density at radius 2 is 1.22 bits per heavy atom. The molecule has 0 aliphatic rings. The van der Waals surface area contributed by atoms with Gasteiger partial charge in [0.1, 0.15) is 4.90 Å². The molecule has 0 fully saturated rings. The van der Waals surface area contributed by atoms with Crippen molar-refractivity contribution in [1.82, 2.24) is 0 Å². The molecule has 0 bridgehead atoms. The summed E-state index contributed by atoms with van der Waals surface area (Å²) < 4.78 is 35.1. The summed E-state index contributed by atoms with van der Waals surface area (Å²) in [5.41, 5.74) is 1.32. The second-order valence-corrected chi connectivity index (χ2v) is 11.4. The second-order valence-electron chi connectivity index (χ2n) is 9.21. The first-order valence-corrected chi connectivity index (χ1v) is 9.97. The average Bonchev–Trinajstić information content (AvgIpc) is 2.21. The van der Waals surface area contributed by atoms with Gasteiger partial charge in [0.2, 0.25) is 0 Å². The van der Waals surface area contributed by atoms with E-state index < -0.39 is 20.9 Å². The van der Waals surface area contributed by atoms with Gasteiger partial charge in [-0.1, -0.05) is 84.3 Å². The molecule has 0 atom stereocenters. The summed E-state index contributed by atoms with van der Waals surface area (Å²) in [6.07, 6.45) is 0. The van der Waals surface area contributed by atoms with Gasteiger partial charge < -0.3 is 0 Å². The van der Waals surface area contributed by atoms with E-state index in [1.807, 2.05) is 47.6 Å². The molecule has 23 heavy (non-hydrogen) atoms. The summed E-state index contributed by atoms with van der Waals surface area (Å²) in [6, 6.07) is 1.92. The minimum absolute atomic E-state index is 0.0392. The molecule has 132 valence electrons. The van der Waals surface area contributed by atoms with Crippen molar-refractivity contribution in [3.63, 3.8) is 0 Å². The molecule has 1 aromatic carbocycles. The summed E-state index contributed by atoms with van der Waals surface area (Å²) >= 11 is 3.62. The zero-order chi connectivity index (χ0) is 18.6. The highest BCUT2D eigenvalue weighted by molar-refractivity contribution is 9.10. The van der Waals surface area contributed by atoms with Crippen LogP contribution in [0.25, 0.3) is 0 Å². The maximum atomic E-state index is 12.2. The van der Waals surface area contributed by atoms with Crippen molar-refractivity contribution in [2.24, 2.45) is 0 Å². The maximum Gasteiger partial charge on any atom is 0.295 e. The first kappa shape index (κ1) is 20.7. The maximum absolute atomic E-state index is 12.2. The Bertz CT molecular complexity index is 713. The predicted molar refractivity (Wildman–Crippen MR) is 100 cm³/mol. The molecule has 0 amide bonds. The smallest absolute Gasteiger partial charge is 0.282 e. The van der Waals surface area contributed by atoms with Crippen LogP contribution in [0, 0.1) is 0 Å². The summed E-state index contributed by atoms with van der Waals surface area (Å²) in [6.45, 7) is 18.1. The van der Waals surface area contributed by atoms with Crippen molar-refractivity contribution in [2.45, 2.75) is 83.5 Å². The monoisotopic (exact) mass is 404 g/mol. The summed E-state index contributed by atoms with van der Waals surface area (Å²) in [5.74, 6) is 0. The van der Waals surface area contributed by atoms with Crippen molar-refractivity contribution < 1.29 is 13.0 Å². The molecule has 0 radical (unpaired) electrons. The van der Waals surface area contributed by atoms with Gasteiger partial charge in [0.05, 0.1) is 0 Å². The Kier molecular flexibility index (Phi) is 5.25. The van der Waals surface area contributed by atoms with E-state index in [1.54, 1.807) is 0 Å². The van der Waals surface area contributed by atoms with E-state index in [9.17, 15) is 13.0 Å². The molecule has 0 heterocycles. The molecule has 0 aromatic heterocycles. The third kappa shape index (κ3) is 4.37. The van der Waals surface area contributed by atoms with Gasteiger partial charge in [-0.2, -0.15) is 8.42 Å². The van der Waals surface area contributed by atoms with Crippen LogP contribution < -0.4 is 0 Å². The number of rotatable bonds is 1. The Labute approximate surface area is 149 Å². The van der Waals surface area contributed by atoms with E-state index in [0.29, 0.717) is 11.1 Å². The van der Waals surface area contributed by atoms with Crippen LogP contribution in [-0.4, -0.2) is 13.0 Å². The van der Waals surface area contributed by atoms with E-state index in [4.69, 9.17) is 0 Å². The minimum atomic E-state index is -4.35. The lowest BCUT2D eigenvalue weighted by molar-refractivity contribution is 0.463. The second kappa shape index (κ2) is 5.85. The van der Waals surface area contributed by atoms with Crippen LogP contribution in [-0.2, 0) is 26.4 Å². The van der Waals surface area contributed by atoms with Crippen LogP contribution in [0.15, 0.2) is 15.4 Å². The standard InChI is InChI=1S/C18H29BrO3S/c1-16(2,3)11-10-12(17(4,5)6)15(23(20,21)22)13(14(11)19)18(7,8)9/h10H,1-9H3,(H,20,21,22). The van der Waals surface area contributed by atoms with Gasteiger partial charge in [-0.25, -0.2) is 0 Å². The molecule has 1 aromatic rings. The molecule has 3 nitrogen and oxygen atoms in total. The van der Waals surface area contributed by atoms with Crippen LogP contribution in [0.2, 0.25) is 0 Å². The quantitative estimate of drug-likeness (QED) is 0.620. The molecular formula is C18H29BrO3S. The zero-order valence-electron chi connectivity index (χ0n) is 15.6. The van der Waals surface area contributed by atoms with Gasteiger partial charge in [-0.05, 0) is 32.9 Å². The lowest BCUT2D eigenvalue weighted by Crippen LogP contribution is -2.27. The Hall–Kier alpha value is -0.390. The highest BCUT2D eigenvalue weighted by atomic mass is 79.9. The third-order valence-corrected chi connectivity index (χ3v) is 5.60. The zero-order valence-corrected chi connectivity index (χ0v) is 18.0. The van der Waals surface area contributed by atoms with E-state index in [1.165, 1.54) is 0 Å². The van der Waals surface area contributed by atoms with Gasteiger partial charge in [0, 0.05) is 4.47 Å². The lowest BCUT2D eigenvalue weighted by Gasteiger charge is -2.34.